The van der Waals surface area contributed by atoms with Crippen LogP contribution in [-0.2, 0) is 16.9 Å². The molecule has 130 valence electrons. The molecule has 0 radical (unpaired) electrons. The maximum Gasteiger partial charge on any atom is 0.411 e. The lowest BCUT2D eigenvalue weighted by Gasteiger charge is -2.15. The molecule has 8 heteroatoms. The van der Waals surface area contributed by atoms with Gasteiger partial charge in [-0.25, -0.2) is 0 Å². The molecule has 24 heavy (non-hydrogen) atoms. The van der Waals surface area contributed by atoms with Gasteiger partial charge in [0, 0.05) is 5.56 Å². The molecule has 1 aromatic carbocycles. The van der Waals surface area contributed by atoms with Crippen LogP contribution in [0.2, 0.25) is 0 Å². The Kier molecular flexibility index (Phi) is 4.60. The van der Waals surface area contributed by atoms with Crippen molar-refractivity contribution in [3.63, 3.8) is 0 Å². The Hall–Kier alpha value is -1.93. The average molecular weight is 342 g/mol. The zero-order valence-corrected chi connectivity index (χ0v) is 12.8. The summed E-state index contributed by atoms with van der Waals surface area (Å²) in [5.74, 6) is 0.556. The predicted octanol–water partition coefficient (Wildman–Crippen LogP) is 3.58. The number of alkyl halides is 3. The van der Waals surface area contributed by atoms with Gasteiger partial charge in [0.2, 0.25) is 5.82 Å². The van der Waals surface area contributed by atoms with Crippen molar-refractivity contribution in [1.29, 1.82) is 0 Å². The number of aromatic nitrogens is 2. The molecular weight excluding hydrogens is 325 g/mol. The number of aliphatic hydroxyl groups is 1. The molecule has 1 N–H and O–H groups in total. The molecule has 0 amide bonds. The summed E-state index contributed by atoms with van der Waals surface area (Å²) in [5, 5.41) is 14.3. The third kappa shape index (κ3) is 3.93. The Bertz CT molecular complexity index is 677. The van der Waals surface area contributed by atoms with Crippen LogP contribution in [0.15, 0.2) is 28.8 Å². The molecule has 1 aliphatic carbocycles. The quantitative estimate of drug-likeness (QED) is 0.899. The van der Waals surface area contributed by atoms with Crippen LogP contribution in [-0.4, -0.2) is 28.0 Å². The number of benzene rings is 1. The van der Waals surface area contributed by atoms with Crippen molar-refractivity contribution in [3.8, 4) is 11.4 Å². The first-order valence-corrected chi connectivity index (χ1v) is 7.66. The smallest absolute Gasteiger partial charge is 0.380 e. The molecule has 0 aliphatic heterocycles. The lowest BCUT2D eigenvalue weighted by atomic mass is 10.0. The van der Waals surface area contributed by atoms with Crippen LogP contribution < -0.4 is 0 Å². The summed E-state index contributed by atoms with van der Waals surface area (Å²) in [7, 11) is 0. The standard InChI is InChI=1S/C16H17F3N2O3/c17-16(18,19)10-23-9-11-3-5-12(6-4-11)13-20-14(24-21-13)15(22)7-1-2-8-15/h3-6,22H,1-2,7-10H2. The molecule has 1 fully saturated rings. The maximum absolute atomic E-state index is 12.0. The zero-order valence-electron chi connectivity index (χ0n) is 12.8. The van der Waals surface area contributed by atoms with Gasteiger partial charge in [-0.1, -0.05) is 29.4 Å². The lowest BCUT2D eigenvalue weighted by Crippen LogP contribution is -2.21. The fraction of sp³-hybridized carbons (Fsp3) is 0.500. The normalized spacial score (nSPS) is 17.3. The fourth-order valence-electron chi connectivity index (χ4n) is 2.74. The maximum atomic E-state index is 12.0. The van der Waals surface area contributed by atoms with Crippen molar-refractivity contribution in [2.75, 3.05) is 6.61 Å². The summed E-state index contributed by atoms with van der Waals surface area (Å²) in [4.78, 5) is 4.25. The summed E-state index contributed by atoms with van der Waals surface area (Å²) in [6.07, 6.45) is -1.29. The number of hydrogen-bond donors (Lipinski definition) is 1. The second kappa shape index (κ2) is 6.52. The molecule has 0 bridgehead atoms. The number of nitrogens with zero attached hydrogens (tertiary/aromatic N) is 2. The first-order valence-electron chi connectivity index (χ1n) is 7.66. The SMILES string of the molecule is OC1(c2nc(-c3ccc(COCC(F)(F)F)cc3)no2)CCCC1. The summed E-state index contributed by atoms with van der Waals surface area (Å²) >= 11 is 0. The topological polar surface area (TPSA) is 68.4 Å². The first kappa shape index (κ1) is 16.9. The van der Waals surface area contributed by atoms with Crippen LogP contribution >= 0.6 is 0 Å². The van der Waals surface area contributed by atoms with Gasteiger partial charge < -0.3 is 14.4 Å². The minimum absolute atomic E-state index is 0.128. The predicted molar refractivity (Wildman–Crippen MR) is 77.8 cm³/mol. The van der Waals surface area contributed by atoms with Crippen molar-refractivity contribution < 1.29 is 27.5 Å². The van der Waals surface area contributed by atoms with Crippen LogP contribution in [0.3, 0.4) is 0 Å². The van der Waals surface area contributed by atoms with E-state index in [4.69, 9.17) is 4.52 Å². The summed E-state index contributed by atoms with van der Waals surface area (Å²) in [6, 6.07) is 6.65. The van der Waals surface area contributed by atoms with Gasteiger partial charge in [-0.15, -0.1) is 0 Å². The highest BCUT2D eigenvalue weighted by atomic mass is 19.4. The van der Waals surface area contributed by atoms with Gasteiger partial charge in [0.15, 0.2) is 0 Å². The molecule has 1 saturated carbocycles. The van der Waals surface area contributed by atoms with E-state index < -0.39 is 18.4 Å². The van der Waals surface area contributed by atoms with Gasteiger partial charge in [-0.3, -0.25) is 0 Å². The van der Waals surface area contributed by atoms with Crippen LogP contribution in [0, 0.1) is 0 Å². The molecule has 0 saturated heterocycles. The number of halogens is 3. The monoisotopic (exact) mass is 342 g/mol. The number of rotatable bonds is 5. The third-order valence-corrected chi connectivity index (χ3v) is 4.00. The van der Waals surface area contributed by atoms with E-state index in [0.29, 0.717) is 29.8 Å². The number of ether oxygens (including phenoxy) is 1. The Morgan fingerprint density at radius 2 is 1.83 bits per heavy atom. The molecule has 1 aliphatic rings. The Balaban J connectivity index is 1.64. The molecule has 0 spiro atoms. The van der Waals surface area contributed by atoms with Crippen LogP contribution in [0.4, 0.5) is 13.2 Å². The van der Waals surface area contributed by atoms with E-state index in [1.807, 2.05) is 0 Å². The number of hydrogen-bond acceptors (Lipinski definition) is 5. The molecule has 2 aromatic rings. The molecule has 0 unspecified atom stereocenters. The van der Waals surface area contributed by atoms with Gasteiger partial charge in [0.25, 0.3) is 5.89 Å². The van der Waals surface area contributed by atoms with Gasteiger partial charge in [-0.05, 0) is 31.2 Å². The zero-order chi connectivity index (χ0) is 17.2. The molecule has 1 aromatic heterocycles. The molecule has 3 rings (SSSR count). The molecular formula is C16H17F3N2O3. The highest BCUT2D eigenvalue weighted by Gasteiger charge is 2.38. The molecule has 1 heterocycles. The minimum Gasteiger partial charge on any atom is -0.380 e. The van der Waals surface area contributed by atoms with Crippen molar-refractivity contribution in [2.45, 2.75) is 44.1 Å². The van der Waals surface area contributed by atoms with Gasteiger partial charge in [0.1, 0.15) is 12.2 Å². The van der Waals surface area contributed by atoms with Crippen molar-refractivity contribution in [3.05, 3.63) is 35.7 Å². The lowest BCUT2D eigenvalue weighted by molar-refractivity contribution is -0.176. The van der Waals surface area contributed by atoms with E-state index in [0.717, 1.165) is 12.8 Å². The molecule has 5 nitrogen and oxygen atoms in total. The highest BCUT2D eigenvalue weighted by Crippen LogP contribution is 2.38. The van der Waals surface area contributed by atoms with Gasteiger partial charge >= 0.3 is 6.18 Å². The summed E-state index contributed by atoms with van der Waals surface area (Å²) in [5.41, 5.74) is 0.226. The highest BCUT2D eigenvalue weighted by molar-refractivity contribution is 5.54. The van der Waals surface area contributed by atoms with Crippen molar-refractivity contribution in [1.82, 2.24) is 10.1 Å². The second-order valence-electron chi connectivity index (χ2n) is 5.97. The third-order valence-electron chi connectivity index (χ3n) is 4.00. The van der Waals surface area contributed by atoms with Crippen LogP contribution in [0.1, 0.15) is 37.1 Å². The average Bonchev–Trinajstić information content (AvgIpc) is 3.17. The largest absolute Gasteiger partial charge is 0.411 e. The minimum atomic E-state index is -4.33. The Morgan fingerprint density at radius 3 is 2.46 bits per heavy atom. The first-order chi connectivity index (χ1) is 11.4. The van der Waals surface area contributed by atoms with Crippen LogP contribution in [0.5, 0.6) is 0 Å². The second-order valence-corrected chi connectivity index (χ2v) is 5.97. The molecule has 0 atom stereocenters. The van der Waals surface area contributed by atoms with E-state index >= 15 is 0 Å². The van der Waals surface area contributed by atoms with Crippen molar-refractivity contribution >= 4 is 0 Å². The Morgan fingerprint density at radius 1 is 1.17 bits per heavy atom. The van der Waals surface area contributed by atoms with E-state index in [1.165, 1.54) is 0 Å². The van der Waals surface area contributed by atoms with Crippen LogP contribution in [0.25, 0.3) is 11.4 Å². The fourth-order valence-corrected chi connectivity index (χ4v) is 2.74. The van der Waals surface area contributed by atoms with Gasteiger partial charge in [0.05, 0.1) is 6.61 Å². The van der Waals surface area contributed by atoms with Gasteiger partial charge in [-0.2, -0.15) is 18.2 Å². The van der Waals surface area contributed by atoms with E-state index in [-0.39, 0.29) is 12.5 Å². The van der Waals surface area contributed by atoms with E-state index in [2.05, 4.69) is 14.9 Å². The van der Waals surface area contributed by atoms with E-state index in [9.17, 15) is 18.3 Å². The Labute approximate surface area is 136 Å². The summed E-state index contributed by atoms with van der Waals surface area (Å²) in [6.45, 7) is -1.40. The van der Waals surface area contributed by atoms with E-state index in [1.54, 1.807) is 24.3 Å². The summed E-state index contributed by atoms with van der Waals surface area (Å²) < 4.78 is 45.9. The van der Waals surface area contributed by atoms with Crippen molar-refractivity contribution in [2.24, 2.45) is 0 Å².